The number of ether oxygens (including phenoxy) is 1. The molecule has 0 heterocycles. The molecule has 0 bridgehead atoms. The smallest absolute Gasteiger partial charge is 0.0599 e. The van der Waals surface area contributed by atoms with E-state index in [1.54, 1.807) is 0 Å². The van der Waals surface area contributed by atoms with Gasteiger partial charge in [-0.25, -0.2) is 0 Å². The quantitative estimate of drug-likeness (QED) is 0.725. The molecular weight excluding hydrogens is 186 g/mol. The van der Waals surface area contributed by atoms with Gasteiger partial charge < -0.3 is 10.1 Å². The van der Waals surface area contributed by atoms with Gasteiger partial charge in [-0.2, -0.15) is 0 Å². The fraction of sp³-hybridized carbons (Fsp3) is 1.00. The molecule has 1 atom stereocenters. The molecule has 2 nitrogen and oxygen atoms in total. The Bertz CT molecular complexity index is 193. The van der Waals surface area contributed by atoms with Crippen molar-refractivity contribution in [2.45, 2.75) is 65.5 Å². The summed E-state index contributed by atoms with van der Waals surface area (Å²) in [6.07, 6.45) is 3.98. The zero-order valence-corrected chi connectivity index (χ0v) is 11.0. The number of rotatable bonds is 4. The van der Waals surface area contributed by atoms with Crippen molar-refractivity contribution in [2.24, 2.45) is 5.41 Å². The maximum Gasteiger partial charge on any atom is 0.0599 e. The normalized spacial score (nSPS) is 25.8. The van der Waals surface area contributed by atoms with Gasteiger partial charge >= 0.3 is 0 Å². The van der Waals surface area contributed by atoms with E-state index in [-0.39, 0.29) is 5.60 Å². The SMILES string of the molecule is CC1(C)CCC(NCCOC(C)(C)C)C1. The molecule has 1 saturated carbocycles. The summed E-state index contributed by atoms with van der Waals surface area (Å²) < 4.78 is 5.68. The van der Waals surface area contributed by atoms with Crippen LogP contribution < -0.4 is 5.32 Å². The highest BCUT2D eigenvalue weighted by Crippen LogP contribution is 2.36. The van der Waals surface area contributed by atoms with Crippen molar-refractivity contribution in [1.82, 2.24) is 5.32 Å². The van der Waals surface area contributed by atoms with Crippen LogP contribution >= 0.6 is 0 Å². The summed E-state index contributed by atoms with van der Waals surface area (Å²) in [4.78, 5) is 0. The summed E-state index contributed by atoms with van der Waals surface area (Å²) in [7, 11) is 0. The maximum absolute atomic E-state index is 5.68. The highest BCUT2D eigenvalue weighted by Gasteiger charge is 2.30. The summed E-state index contributed by atoms with van der Waals surface area (Å²) in [6.45, 7) is 12.8. The van der Waals surface area contributed by atoms with E-state index >= 15 is 0 Å². The molecular formula is C13H27NO. The summed E-state index contributed by atoms with van der Waals surface area (Å²) in [5.74, 6) is 0. The van der Waals surface area contributed by atoms with Gasteiger partial charge in [0, 0.05) is 12.6 Å². The lowest BCUT2D eigenvalue weighted by Gasteiger charge is -2.21. The molecule has 1 aliphatic carbocycles. The lowest BCUT2D eigenvalue weighted by Crippen LogP contribution is -2.32. The molecule has 0 aliphatic heterocycles. The van der Waals surface area contributed by atoms with E-state index in [2.05, 4.69) is 39.9 Å². The minimum atomic E-state index is -0.00335. The highest BCUT2D eigenvalue weighted by molar-refractivity contribution is 4.86. The Hall–Kier alpha value is -0.0800. The summed E-state index contributed by atoms with van der Waals surface area (Å²) in [6, 6.07) is 0.712. The van der Waals surface area contributed by atoms with Crippen LogP contribution in [0.15, 0.2) is 0 Å². The van der Waals surface area contributed by atoms with Gasteiger partial charge in [-0.15, -0.1) is 0 Å². The second-order valence-corrected chi connectivity index (χ2v) is 6.52. The summed E-state index contributed by atoms with van der Waals surface area (Å²) >= 11 is 0. The maximum atomic E-state index is 5.68. The fourth-order valence-electron chi connectivity index (χ4n) is 2.23. The Kier molecular flexibility index (Phi) is 4.19. The first-order valence-electron chi connectivity index (χ1n) is 6.16. The third-order valence-corrected chi connectivity index (χ3v) is 3.04. The van der Waals surface area contributed by atoms with Crippen LogP contribution in [0, 0.1) is 5.41 Å². The van der Waals surface area contributed by atoms with E-state index in [9.17, 15) is 0 Å². The third-order valence-electron chi connectivity index (χ3n) is 3.04. The summed E-state index contributed by atoms with van der Waals surface area (Å²) in [5.41, 5.74) is 0.541. The van der Waals surface area contributed by atoms with Crippen molar-refractivity contribution in [3.05, 3.63) is 0 Å². The zero-order chi connectivity index (χ0) is 11.5. The first kappa shape index (κ1) is 13.0. The Balaban J connectivity index is 2.07. The first-order chi connectivity index (χ1) is 6.79. The molecule has 1 fully saturated rings. The largest absolute Gasteiger partial charge is 0.375 e. The molecule has 0 aromatic rings. The van der Waals surface area contributed by atoms with E-state index in [0.717, 1.165) is 13.2 Å². The first-order valence-corrected chi connectivity index (χ1v) is 6.16. The molecule has 0 aromatic carbocycles. The number of hydrogen-bond acceptors (Lipinski definition) is 2. The zero-order valence-electron chi connectivity index (χ0n) is 11.0. The van der Waals surface area contributed by atoms with Crippen LogP contribution in [-0.2, 0) is 4.74 Å². The Morgan fingerprint density at radius 2 is 2.00 bits per heavy atom. The second-order valence-electron chi connectivity index (χ2n) is 6.52. The van der Waals surface area contributed by atoms with Gasteiger partial charge in [0.15, 0.2) is 0 Å². The van der Waals surface area contributed by atoms with E-state index in [1.807, 2.05) is 0 Å². The van der Waals surface area contributed by atoms with Crippen molar-refractivity contribution in [2.75, 3.05) is 13.2 Å². The molecule has 0 amide bonds. The van der Waals surface area contributed by atoms with Gasteiger partial charge in [-0.3, -0.25) is 0 Å². The molecule has 2 heteroatoms. The Morgan fingerprint density at radius 3 is 2.47 bits per heavy atom. The van der Waals surface area contributed by atoms with Gasteiger partial charge in [0.05, 0.1) is 12.2 Å². The average Bonchev–Trinajstić information content (AvgIpc) is 2.38. The number of nitrogens with one attached hydrogen (secondary N) is 1. The fourth-order valence-corrected chi connectivity index (χ4v) is 2.23. The van der Waals surface area contributed by atoms with Crippen molar-refractivity contribution >= 4 is 0 Å². The van der Waals surface area contributed by atoms with Crippen LogP contribution in [0.3, 0.4) is 0 Å². The highest BCUT2D eigenvalue weighted by atomic mass is 16.5. The van der Waals surface area contributed by atoms with E-state index < -0.39 is 0 Å². The topological polar surface area (TPSA) is 21.3 Å². The predicted molar refractivity (Wildman–Crippen MR) is 65.1 cm³/mol. The Morgan fingerprint density at radius 1 is 1.33 bits per heavy atom. The lowest BCUT2D eigenvalue weighted by atomic mass is 9.92. The van der Waals surface area contributed by atoms with Crippen LogP contribution in [0.1, 0.15) is 53.9 Å². The minimum absolute atomic E-state index is 0.00335. The molecule has 0 radical (unpaired) electrons. The van der Waals surface area contributed by atoms with Crippen LogP contribution in [0.25, 0.3) is 0 Å². The molecule has 1 N–H and O–H groups in total. The van der Waals surface area contributed by atoms with Crippen molar-refractivity contribution in [1.29, 1.82) is 0 Å². The lowest BCUT2D eigenvalue weighted by molar-refractivity contribution is -0.00165. The predicted octanol–water partition coefficient (Wildman–Crippen LogP) is 2.97. The van der Waals surface area contributed by atoms with Crippen LogP contribution in [-0.4, -0.2) is 24.8 Å². The second kappa shape index (κ2) is 4.84. The van der Waals surface area contributed by atoms with Gasteiger partial charge in [0.1, 0.15) is 0 Å². The van der Waals surface area contributed by atoms with Gasteiger partial charge in [0.2, 0.25) is 0 Å². The van der Waals surface area contributed by atoms with Crippen LogP contribution in [0.4, 0.5) is 0 Å². The number of hydrogen-bond donors (Lipinski definition) is 1. The third kappa shape index (κ3) is 5.53. The van der Waals surface area contributed by atoms with Gasteiger partial charge in [-0.1, -0.05) is 13.8 Å². The van der Waals surface area contributed by atoms with Crippen molar-refractivity contribution < 1.29 is 4.74 Å². The molecule has 0 spiro atoms. The van der Waals surface area contributed by atoms with E-state index in [0.29, 0.717) is 11.5 Å². The molecule has 90 valence electrons. The van der Waals surface area contributed by atoms with Gasteiger partial charge in [0.25, 0.3) is 0 Å². The standard InChI is InChI=1S/C13H27NO/c1-12(2,3)15-9-8-14-11-6-7-13(4,5)10-11/h11,14H,6-10H2,1-5H3. The van der Waals surface area contributed by atoms with E-state index in [4.69, 9.17) is 4.74 Å². The molecule has 1 rings (SSSR count). The average molecular weight is 213 g/mol. The minimum Gasteiger partial charge on any atom is -0.375 e. The summed E-state index contributed by atoms with van der Waals surface area (Å²) in [5, 5.41) is 3.58. The van der Waals surface area contributed by atoms with Crippen molar-refractivity contribution in [3.63, 3.8) is 0 Å². The molecule has 0 aromatic heterocycles. The van der Waals surface area contributed by atoms with E-state index in [1.165, 1.54) is 19.3 Å². The molecule has 1 aliphatic rings. The molecule has 0 saturated heterocycles. The molecule has 1 unspecified atom stereocenters. The Labute approximate surface area is 94.8 Å². The van der Waals surface area contributed by atoms with Gasteiger partial charge in [-0.05, 0) is 45.4 Å². The monoisotopic (exact) mass is 213 g/mol. The van der Waals surface area contributed by atoms with Crippen LogP contribution in [0.5, 0.6) is 0 Å². The van der Waals surface area contributed by atoms with Crippen LogP contribution in [0.2, 0.25) is 0 Å². The van der Waals surface area contributed by atoms with Crippen molar-refractivity contribution in [3.8, 4) is 0 Å². The molecule has 15 heavy (non-hydrogen) atoms.